The highest BCUT2D eigenvalue weighted by molar-refractivity contribution is 5.78. The first-order valence-electron chi connectivity index (χ1n) is 9.30. The van der Waals surface area contributed by atoms with E-state index in [2.05, 4.69) is 52.0 Å². The van der Waals surface area contributed by atoms with Crippen LogP contribution in [0.5, 0.6) is 0 Å². The Morgan fingerprint density at radius 2 is 1.42 bits per heavy atom. The molecule has 0 rings (SSSR count). The molecule has 0 bridgehead atoms. The van der Waals surface area contributed by atoms with Crippen molar-refractivity contribution in [3.8, 4) is 0 Å². The summed E-state index contributed by atoms with van der Waals surface area (Å²) in [6.07, 6.45) is 14.2. The molecule has 0 heterocycles. The molecule has 0 spiro atoms. The van der Waals surface area contributed by atoms with Gasteiger partial charge < -0.3 is 9.69 Å². The molecular weight excluding hydrogens is 298 g/mol. The molecule has 3 nitrogen and oxygen atoms in total. The third kappa shape index (κ3) is 15.5. The highest BCUT2D eigenvalue weighted by atomic mass is 16.2. The van der Waals surface area contributed by atoms with Crippen LogP contribution >= 0.6 is 0 Å². The Kier molecular flexibility index (Phi) is 17.1. The molecule has 0 aromatic carbocycles. The van der Waals surface area contributed by atoms with Crippen LogP contribution in [0.4, 0.5) is 0 Å². The van der Waals surface area contributed by atoms with Crippen molar-refractivity contribution in [2.45, 2.75) is 73.1 Å². The molecule has 0 fully saturated rings. The van der Waals surface area contributed by atoms with Crippen LogP contribution < -0.4 is 0 Å². The second-order valence-corrected chi connectivity index (χ2v) is 6.58. The summed E-state index contributed by atoms with van der Waals surface area (Å²) in [5, 5.41) is 0. The lowest BCUT2D eigenvalue weighted by Gasteiger charge is -2.17. The average molecular weight is 338 g/mol. The Bertz CT molecular complexity index is 383. The highest BCUT2D eigenvalue weighted by Crippen LogP contribution is 2.11. The van der Waals surface area contributed by atoms with E-state index in [1.165, 1.54) is 0 Å². The Morgan fingerprint density at radius 3 is 1.79 bits per heavy atom. The second kappa shape index (κ2) is 16.5. The predicted octanol–water partition coefficient (Wildman–Crippen LogP) is 5.42. The number of amides is 1. The van der Waals surface area contributed by atoms with Gasteiger partial charge in [0.1, 0.15) is 5.78 Å². The summed E-state index contributed by atoms with van der Waals surface area (Å²) in [7, 11) is 3.63. The first-order valence-corrected chi connectivity index (χ1v) is 9.30. The van der Waals surface area contributed by atoms with Crippen LogP contribution in [0, 0.1) is 11.8 Å². The molecule has 140 valence electrons. The summed E-state index contributed by atoms with van der Waals surface area (Å²) in [6.45, 7) is 10.0. The highest BCUT2D eigenvalue weighted by Gasteiger charge is 2.15. The van der Waals surface area contributed by atoms with E-state index < -0.39 is 0 Å². The molecule has 2 atom stereocenters. The van der Waals surface area contributed by atoms with Crippen LogP contribution in [-0.4, -0.2) is 30.7 Å². The average Bonchev–Trinajstić information content (AvgIpc) is 2.51. The zero-order valence-corrected chi connectivity index (χ0v) is 17.0. The van der Waals surface area contributed by atoms with Crippen LogP contribution in [-0.2, 0) is 9.59 Å². The topological polar surface area (TPSA) is 37.4 Å². The van der Waals surface area contributed by atoms with E-state index in [1.807, 2.05) is 14.1 Å². The lowest BCUT2D eigenvalue weighted by atomic mass is 10.0. The van der Waals surface area contributed by atoms with E-state index in [9.17, 15) is 9.59 Å². The summed E-state index contributed by atoms with van der Waals surface area (Å²) < 4.78 is 0. The number of carbonyl (C=O) groups is 2. The van der Waals surface area contributed by atoms with Crippen LogP contribution in [0.2, 0.25) is 0 Å². The number of nitrogens with zero attached hydrogens (tertiary/aromatic N) is 1. The Morgan fingerprint density at radius 1 is 0.917 bits per heavy atom. The van der Waals surface area contributed by atoms with Gasteiger partial charge in [-0.25, -0.2) is 0 Å². The predicted molar refractivity (Wildman–Crippen MR) is 105 cm³/mol. The van der Waals surface area contributed by atoms with Gasteiger partial charge in [-0.3, -0.25) is 4.79 Å². The molecule has 0 aromatic rings. The van der Waals surface area contributed by atoms with E-state index in [0.29, 0.717) is 18.1 Å². The molecule has 3 heteroatoms. The lowest BCUT2D eigenvalue weighted by Crippen LogP contribution is -2.28. The van der Waals surface area contributed by atoms with E-state index in [1.54, 1.807) is 11.8 Å². The fourth-order valence-electron chi connectivity index (χ4n) is 2.30. The van der Waals surface area contributed by atoms with Gasteiger partial charge in [-0.05, 0) is 44.9 Å². The van der Waals surface area contributed by atoms with Crippen LogP contribution in [0.3, 0.4) is 0 Å². The van der Waals surface area contributed by atoms with Crippen molar-refractivity contribution in [3.05, 3.63) is 24.3 Å². The minimum Gasteiger partial charge on any atom is -0.349 e. The number of hydrogen-bond donors (Lipinski definition) is 0. The molecular formula is C21H39NO2. The fourth-order valence-corrected chi connectivity index (χ4v) is 2.30. The maximum Gasteiger partial charge on any atom is 0.225 e. The van der Waals surface area contributed by atoms with E-state index >= 15 is 0 Å². The Labute approximate surface area is 150 Å². The van der Waals surface area contributed by atoms with Crippen molar-refractivity contribution >= 4 is 11.7 Å². The van der Waals surface area contributed by atoms with E-state index in [-0.39, 0.29) is 11.8 Å². The largest absolute Gasteiger partial charge is 0.349 e. The number of hydrogen-bond acceptors (Lipinski definition) is 2. The molecule has 1 amide bonds. The third-order valence-electron chi connectivity index (χ3n) is 3.68. The van der Waals surface area contributed by atoms with Gasteiger partial charge in [0.2, 0.25) is 5.91 Å². The SMILES string of the molecule is CCC=CCC(C)CC(C)=O.CCC=CCC(CC)C(=O)N(C)C. The van der Waals surface area contributed by atoms with Gasteiger partial charge in [-0.1, -0.05) is 52.0 Å². The van der Waals surface area contributed by atoms with Crippen molar-refractivity contribution < 1.29 is 9.59 Å². The van der Waals surface area contributed by atoms with Gasteiger partial charge in [0.25, 0.3) is 0 Å². The minimum atomic E-state index is 0.165. The fraction of sp³-hybridized carbons (Fsp3) is 0.714. The van der Waals surface area contributed by atoms with Gasteiger partial charge in [0.15, 0.2) is 0 Å². The zero-order valence-electron chi connectivity index (χ0n) is 17.0. The van der Waals surface area contributed by atoms with Crippen LogP contribution in [0.1, 0.15) is 73.1 Å². The molecule has 0 aliphatic carbocycles. The first kappa shape index (κ1) is 24.9. The molecule has 0 aliphatic heterocycles. The van der Waals surface area contributed by atoms with Gasteiger partial charge in [-0.15, -0.1) is 0 Å². The normalized spacial score (nSPS) is 13.5. The standard InChI is InChI=1S/C11H21NO.C10H18O/c1-5-7-8-9-10(6-2)11(13)12(3)4;1-4-5-6-7-9(2)8-10(3)11/h7-8,10H,5-6,9H2,1-4H3;5-6,9H,4,7-8H2,1-3H3. The van der Waals surface area contributed by atoms with Gasteiger partial charge >= 0.3 is 0 Å². The summed E-state index contributed by atoms with van der Waals surface area (Å²) in [6, 6.07) is 0. The molecule has 0 aliphatic rings. The van der Waals surface area contributed by atoms with Gasteiger partial charge in [0, 0.05) is 26.4 Å². The molecule has 0 N–H and O–H groups in total. The minimum absolute atomic E-state index is 0.165. The number of allylic oxidation sites excluding steroid dienone is 4. The number of Topliss-reactive ketones (excluding diaryl/α,β-unsaturated/α-hetero) is 1. The maximum absolute atomic E-state index is 11.6. The van der Waals surface area contributed by atoms with Crippen LogP contribution in [0.25, 0.3) is 0 Å². The van der Waals surface area contributed by atoms with E-state index in [0.717, 1.165) is 32.1 Å². The number of carbonyl (C=O) groups excluding carboxylic acids is 2. The third-order valence-corrected chi connectivity index (χ3v) is 3.68. The Balaban J connectivity index is 0. The first-order chi connectivity index (χ1) is 11.3. The Hall–Kier alpha value is -1.38. The van der Waals surface area contributed by atoms with Crippen LogP contribution in [0.15, 0.2) is 24.3 Å². The van der Waals surface area contributed by atoms with Crippen molar-refractivity contribution in [3.63, 3.8) is 0 Å². The summed E-state index contributed by atoms with van der Waals surface area (Å²) >= 11 is 0. The van der Waals surface area contributed by atoms with Crippen molar-refractivity contribution in [1.82, 2.24) is 4.90 Å². The van der Waals surface area contributed by atoms with Crippen molar-refractivity contribution in [2.75, 3.05) is 14.1 Å². The lowest BCUT2D eigenvalue weighted by molar-refractivity contribution is -0.132. The van der Waals surface area contributed by atoms with Crippen molar-refractivity contribution in [1.29, 1.82) is 0 Å². The van der Waals surface area contributed by atoms with Gasteiger partial charge in [-0.2, -0.15) is 0 Å². The molecule has 0 radical (unpaired) electrons. The summed E-state index contributed by atoms with van der Waals surface area (Å²) in [4.78, 5) is 23.9. The number of ketones is 1. The van der Waals surface area contributed by atoms with E-state index in [4.69, 9.17) is 0 Å². The molecule has 0 aromatic heterocycles. The molecule has 0 saturated heterocycles. The monoisotopic (exact) mass is 337 g/mol. The maximum atomic E-state index is 11.6. The van der Waals surface area contributed by atoms with Gasteiger partial charge in [0.05, 0.1) is 0 Å². The second-order valence-electron chi connectivity index (χ2n) is 6.58. The smallest absolute Gasteiger partial charge is 0.225 e. The summed E-state index contributed by atoms with van der Waals surface area (Å²) in [5.41, 5.74) is 0. The zero-order chi connectivity index (χ0) is 19.0. The van der Waals surface area contributed by atoms with Crippen molar-refractivity contribution in [2.24, 2.45) is 11.8 Å². The molecule has 2 unspecified atom stereocenters. The number of rotatable bonds is 10. The quantitative estimate of drug-likeness (QED) is 0.499. The summed E-state index contributed by atoms with van der Waals surface area (Å²) in [5.74, 6) is 1.21. The molecule has 24 heavy (non-hydrogen) atoms. The molecule has 0 saturated carbocycles.